The second-order valence-corrected chi connectivity index (χ2v) is 18.1. The Morgan fingerprint density at radius 3 is 2.30 bits per heavy atom. The van der Waals surface area contributed by atoms with Gasteiger partial charge in [-0.05, 0) is 121 Å². The SMILES string of the molecule is COc1cc(C(=O)N2CCC[C@@H](CNC(=O)OC(C)(C)C)C2)cc2nc(-c3cc4scc(CC5CN(C(=O)OC(C)(C)C)C5)c4n3CC3CC3)n(C)c12. The maximum atomic E-state index is 14.0. The number of carbonyl (C=O) groups is 3. The molecule has 3 aromatic heterocycles. The Bertz CT molecular complexity index is 2020. The summed E-state index contributed by atoms with van der Waals surface area (Å²) in [5.74, 6) is 2.55. The number of rotatable bonds is 9. The lowest BCUT2D eigenvalue weighted by atomic mass is 9.93. The fraction of sp³-hybridized carbons (Fsp3) is 0.600. The molecule has 3 fully saturated rings. The van der Waals surface area contributed by atoms with Crippen LogP contribution in [0.1, 0.15) is 83.1 Å². The second-order valence-electron chi connectivity index (χ2n) is 17.2. The molecule has 1 atom stereocenters. The number of carbonyl (C=O) groups excluding carboxylic acids is 3. The van der Waals surface area contributed by atoms with Gasteiger partial charge in [-0.1, -0.05) is 0 Å². The second kappa shape index (κ2) is 14.2. The Morgan fingerprint density at radius 1 is 0.906 bits per heavy atom. The lowest BCUT2D eigenvalue weighted by Crippen LogP contribution is -2.52. The van der Waals surface area contributed by atoms with Crippen molar-refractivity contribution in [1.82, 2.24) is 29.2 Å². The molecule has 7 rings (SSSR count). The van der Waals surface area contributed by atoms with Crippen LogP contribution in [0.5, 0.6) is 5.75 Å². The third-order valence-corrected chi connectivity index (χ3v) is 11.3. The molecule has 5 heterocycles. The van der Waals surface area contributed by atoms with E-state index in [2.05, 4.69) is 25.9 Å². The molecule has 0 unspecified atom stereocenters. The van der Waals surface area contributed by atoms with Crippen LogP contribution in [0.25, 0.3) is 32.8 Å². The fourth-order valence-electron chi connectivity index (χ4n) is 7.66. The summed E-state index contributed by atoms with van der Waals surface area (Å²) >= 11 is 1.76. The summed E-state index contributed by atoms with van der Waals surface area (Å²) in [6, 6.07) is 5.98. The molecular formula is C40H54N6O6S. The van der Waals surface area contributed by atoms with Gasteiger partial charge >= 0.3 is 12.2 Å². The van der Waals surface area contributed by atoms with Crippen molar-refractivity contribution in [2.45, 2.75) is 91.4 Å². The lowest BCUT2D eigenvalue weighted by Gasteiger charge is -2.39. The summed E-state index contributed by atoms with van der Waals surface area (Å²) in [6.45, 7) is 15.2. The highest BCUT2D eigenvalue weighted by Crippen LogP contribution is 2.41. The summed E-state index contributed by atoms with van der Waals surface area (Å²) in [6.07, 6.45) is 4.47. The van der Waals surface area contributed by atoms with Gasteiger partial charge in [-0.25, -0.2) is 14.6 Å². The molecule has 0 radical (unpaired) electrons. The summed E-state index contributed by atoms with van der Waals surface area (Å²) in [5.41, 5.74) is 4.68. The topological polar surface area (TPSA) is 120 Å². The number of ether oxygens (including phenoxy) is 3. The van der Waals surface area contributed by atoms with Gasteiger partial charge in [-0.2, -0.15) is 0 Å². The van der Waals surface area contributed by atoms with Gasteiger partial charge in [0.1, 0.15) is 22.5 Å². The van der Waals surface area contributed by atoms with Gasteiger partial charge < -0.3 is 38.5 Å². The molecule has 1 saturated carbocycles. The number of piperidine rings is 1. The molecule has 1 aromatic carbocycles. The Balaban J connectivity index is 1.12. The number of hydrogen-bond acceptors (Lipinski definition) is 8. The standard InChI is InChI=1S/C40H54N6O6S/c1-39(2,3)51-37(48)41-18-25-10-9-13-44(19-25)36(47)27-15-29-34(31(16-27)50-8)43(7)35(42-29)30-17-32-33(46(30)22-24-11-12-24)28(23-53-32)14-26-20-45(21-26)38(49)52-40(4,5)6/h15-17,23-26H,9-14,18-22H2,1-8H3,(H,41,48)/t25-/m0/s1. The van der Waals surface area contributed by atoms with E-state index < -0.39 is 17.3 Å². The number of thiophene rings is 1. The molecule has 4 aromatic rings. The van der Waals surface area contributed by atoms with Crippen molar-refractivity contribution in [3.05, 3.63) is 34.7 Å². The van der Waals surface area contributed by atoms with E-state index >= 15 is 0 Å². The minimum Gasteiger partial charge on any atom is -0.494 e. The van der Waals surface area contributed by atoms with Crippen molar-refractivity contribution >= 4 is 50.7 Å². The molecule has 0 bridgehead atoms. The van der Waals surface area contributed by atoms with Crippen molar-refractivity contribution in [3.63, 3.8) is 0 Å². The van der Waals surface area contributed by atoms with Crippen LogP contribution < -0.4 is 10.1 Å². The number of amides is 3. The van der Waals surface area contributed by atoms with Gasteiger partial charge in [0.25, 0.3) is 5.91 Å². The molecule has 0 spiro atoms. The summed E-state index contributed by atoms with van der Waals surface area (Å²) in [5, 5.41) is 5.16. The monoisotopic (exact) mass is 746 g/mol. The number of benzene rings is 1. The number of fused-ring (bicyclic) bond motifs is 2. The molecule has 53 heavy (non-hydrogen) atoms. The highest BCUT2D eigenvalue weighted by Gasteiger charge is 2.35. The fourth-order valence-corrected chi connectivity index (χ4v) is 8.67. The van der Waals surface area contributed by atoms with Crippen LogP contribution in [0.2, 0.25) is 0 Å². The zero-order valence-corrected chi connectivity index (χ0v) is 33.2. The maximum Gasteiger partial charge on any atom is 0.410 e. The predicted octanol–water partition coefficient (Wildman–Crippen LogP) is 7.46. The molecule has 3 aliphatic rings. The van der Waals surface area contributed by atoms with E-state index in [4.69, 9.17) is 19.2 Å². The van der Waals surface area contributed by atoms with Gasteiger partial charge in [0.2, 0.25) is 0 Å². The van der Waals surface area contributed by atoms with E-state index in [0.717, 1.165) is 42.8 Å². The van der Waals surface area contributed by atoms with Crippen LogP contribution in [-0.2, 0) is 29.5 Å². The van der Waals surface area contributed by atoms with Crippen molar-refractivity contribution < 1.29 is 28.6 Å². The van der Waals surface area contributed by atoms with Gasteiger partial charge in [-0.15, -0.1) is 11.3 Å². The zero-order chi connectivity index (χ0) is 37.8. The average molecular weight is 747 g/mol. The minimum atomic E-state index is -0.564. The molecule has 1 aliphatic carbocycles. The van der Waals surface area contributed by atoms with E-state index in [0.29, 0.717) is 61.4 Å². The molecule has 286 valence electrons. The Kier molecular flexibility index (Phi) is 9.92. The average Bonchev–Trinajstić information content (AvgIpc) is 3.57. The Morgan fingerprint density at radius 2 is 1.62 bits per heavy atom. The van der Waals surface area contributed by atoms with Crippen LogP contribution in [-0.4, -0.2) is 93.0 Å². The number of methoxy groups -OCH3 is 1. The molecule has 2 saturated heterocycles. The first-order valence-corrected chi connectivity index (χ1v) is 19.8. The number of alkyl carbamates (subject to hydrolysis) is 1. The number of nitrogens with zero attached hydrogens (tertiary/aromatic N) is 5. The third-order valence-electron chi connectivity index (χ3n) is 10.3. The van der Waals surface area contributed by atoms with Crippen LogP contribution in [0.3, 0.4) is 0 Å². The maximum absolute atomic E-state index is 14.0. The van der Waals surface area contributed by atoms with E-state index in [1.807, 2.05) is 65.6 Å². The number of hydrogen-bond donors (Lipinski definition) is 1. The summed E-state index contributed by atoms with van der Waals surface area (Å²) < 4.78 is 22.7. The molecular weight excluding hydrogens is 693 g/mol. The van der Waals surface area contributed by atoms with E-state index in [1.54, 1.807) is 23.3 Å². The molecule has 3 amide bonds. The Hall–Kier alpha value is -4.26. The Labute approximate surface area is 315 Å². The number of imidazole rings is 1. The molecule has 12 nitrogen and oxygen atoms in total. The normalized spacial score (nSPS) is 18.4. The highest BCUT2D eigenvalue weighted by molar-refractivity contribution is 7.17. The van der Waals surface area contributed by atoms with Crippen LogP contribution >= 0.6 is 11.3 Å². The van der Waals surface area contributed by atoms with Crippen LogP contribution in [0, 0.1) is 17.8 Å². The van der Waals surface area contributed by atoms with Crippen molar-refractivity contribution in [1.29, 1.82) is 0 Å². The predicted molar refractivity (Wildman–Crippen MR) is 207 cm³/mol. The molecule has 2 aliphatic heterocycles. The first kappa shape index (κ1) is 37.1. The van der Waals surface area contributed by atoms with Crippen LogP contribution in [0.15, 0.2) is 23.6 Å². The van der Waals surface area contributed by atoms with E-state index in [9.17, 15) is 14.4 Å². The lowest BCUT2D eigenvalue weighted by molar-refractivity contribution is -0.000865. The van der Waals surface area contributed by atoms with E-state index in [1.165, 1.54) is 28.6 Å². The van der Waals surface area contributed by atoms with Gasteiger partial charge in [0, 0.05) is 51.9 Å². The van der Waals surface area contributed by atoms with Crippen LogP contribution in [0.4, 0.5) is 9.59 Å². The third kappa shape index (κ3) is 8.14. The summed E-state index contributed by atoms with van der Waals surface area (Å²) in [7, 11) is 3.65. The quantitative estimate of drug-likeness (QED) is 0.189. The van der Waals surface area contributed by atoms with Gasteiger partial charge in [-0.3, -0.25) is 4.79 Å². The number of nitrogens with one attached hydrogen (secondary N) is 1. The van der Waals surface area contributed by atoms with Crippen molar-refractivity contribution in [3.8, 4) is 17.3 Å². The van der Waals surface area contributed by atoms with Gasteiger partial charge in [0.15, 0.2) is 5.82 Å². The minimum absolute atomic E-state index is 0.0668. The van der Waals surface area contributed by atoms with Crippen molar-refractivity contribution in [2.75, 3.05) is 39.8 Å². The molecule has 13 heteroatoms. The first-order chi connectivity index (χ1) is 25.1. The smallest absolute Gasteiger partial charge is 0.410 e. The number of likely N-dealkylation sites (tertiary alicyclic amines) is 2. The summed E-state index contributed by atoms with van der Waals surface area (Å²) in [4.78, 5) is 47.7. The molecule has 1 N–H and O–H groups in total. The largest absolute Gasteiger partial charge is 0.494 e. The van der Waals surface area contributed by atoms with Crippen molar-refractivity contribution in [2.24, 2.45) is 24.8 Å². The number of aryl methyl sites for hydroxylation is 1. The van der Waals surface area contributed by atoms with E-state index in [-0.39, 0.29) is 17.9 Å². The zero-order valence-electron chi connectivity index (χ0n) is 32.4. The highest BCUT2D eigenvalue weighted by atomic mass is 32.1. The first-order valence-electron chi connectivity index (χ1n) is 19.0. The van der Waals surface area contributed by atoms with Gasteiger partial charge in [0.05, 0.1) is 28.5 Å². The number of aromatic nitrogens is 3.